The number of nitrogens with zero attached hydrogens (tertiary/aromatic N) is 2. The number of halogens is 1. The van der Waals surface area contributed by atoms with E-state index in [1.54, 1.807) is 17.6 Å². The summed E-state index contributed by atoms with van der Waals surface area (Å²) in [4.78, 5) is 16.5. The summed E-state index contributed by atoms with van der Waals surface area (Å²) < 4.78 is 48.0. The lowest BCUT2D eigenvalue weighted by atomic mass is 10.1. The minimum atomic E-state index is -4.04. The van der Waals surface area contributed by atoms with Crippen LogP contribution >= 0.6 is 11.3 Å². The predicted molar refractivity (Wildman–Crippen MR) is 111 cm³/mol. The molecule has 3 aromatic rings. The standard InChI is InChI=1S/C20H18FN3O4S2/c21-15-9-17-12(4-6-28-17)7-19(15)30(26,27)24-5-3-13(10-24)20(25)23-14-1-2-18-16(8-14)22-11-29-18/h1-2,7-9,11,13H,3-6,10H2,(H,23,25)/t13-/m0/s1. The van der Waals surface area contributed by atoms with Crippen molar-refractivity contribution in [2.75, 3.05) is 25.0 Å². The van der Waals surface area contributed by atoms with Crippen LogP contribution in [0.3, 0.4) is 0 Å². The number of hydrogen-bond donors (Lipinski definition) is 1. The lowest BCUT2D eigenvalue weighted by Crippen LogP contribution is -2.32. The number of carbonyl (C=O) groups excluding carboxylic acids is 1. The SMILES string of the molecule is O=C(Nc1ccc2scnc2c1)[C@H]1CCN(S(=O)(=O)c2cc3c(cc2F)OCC3)C1. The molecule has 156 valence electrons. The topological polar surface area (TPSA) is 88.6 Å². The highest BCUT2D eigenvalue weighted by molar-refractivity contribution is 7.89. The molecule has 1 saturated heterocycles. The Bertz CT molecular complexity index is 1260. The molecular weight excluding hydrogens is 429 g/mol. The van der Waals surface area contributed by atoms with Crippen molar-refractivity contribution >= 4 is 43.2 Å². The number of ether oxygens (including phenoxy) is 1. The second-order valence-corrected chi connectivity index (χ2v) is 10.2. The van der Waals surface area contributed by atoms with Crippen LogP contribution in [0.2, 0.25) is 0 Å². The zero-order valence-electron chi connectivity index (χ0n) is 15.8. The Balaban J connectivity index is 1.31. The summed E-state index contributed by atoms with van der Waals surface area (Å²) in [5.74, 6) is -1.21. The Hall–Kier alpha value is -2.56. The third-order valence-electron chi connectivity index (χ3n) is 5.48. The molecule has 1 amide bonds. The van der Waals surface area contributed by atoms with Gasteiger partial charge in [0.2, 0.25) is 15.9 Å². The van der Waals surface area contributed by atoms with Gasteiger partial charge in [0.25, 0.3) is 0 Å². The number of anilines is 1. The molecule has 0 bridgehead atoms. The predicted octanol–water partition coefficient (Wildman–Crippen LogP) is 3.02. The largest absolute Gasteiger partial charge is 0.493 e. The fourth-order valence-electron chi connectivity index (χ4n) is 3.86. The molecule has 1 fully saturated rings. The lowest BCUT2D eigenvalue weighted by molar-refractivity contribution is -0.119. The summed E-state index contributed by atoms with van der Waals surface area (Å²) in [5.41, 5.74) is 3.83. The Morgan fingerprint density at radius 1 is 1.30 bits per heavy atom. The summed E-state index contributed by atoms with van der Waals surface area (Å²) >= 11 is 1.51. The molecule has 5 rings (SSSR count). The normalized spacial score (nSPS) is 19.0. The van der Waals surface area contributed by atoms with Gasteiger partial charge >= 0.3 is 0 Å². The van der Waals surface area contributed by atoms with Gasteiger partial charge in [-0.15, -0.1) is 11.3 Å². The van der Waals surface area contributed by atoms with Gasteiger partial charge in [0.1, 0.15) is 16.5 Å². The first kappa shape index (κ1) is 19.4. The zero-order valence-corrected chi connectivity index (χ0v) is 17.4. The average Bonchev–Trinajstić information content (AvgIpc) is 3.46. The highest BCUT2D eigenvalue weighted by atomic mass is 32.2. The zero-order chi connectivity index (χ0) is 20.9. The number of hydrogen-bond acceptors (Lipinski definition) is 6. The maximum Gasteiger partial charge on any atom is 0.246 e. The Morgan fingerprint density at radius 2 is 2.17 bits per heavy atom. The van der Waals surface area contributed by atoms with Crippen molar-refractivity contribution in [3.05, 3.63) is 47.2 Å². The van der Waals surface area contributed by atoms with Crippen LogP contribution < -0.4 is 10.1 Å². The smallest absolute Gasteiger partial charge is 0.246 e. The minimum absolute atomic E-state index is 0.0140. The molecule has 10 heteroatoms. The number of fused-ring (bicyclic) bond motifs is 2. The highest BCUT2D eigenvalue weighted by Gasteiger charge is 2.37. The van der Waals surface area contributed by atoms with Gasteiger partial charge < -0.3 is 10.1 Å². The van der Waals surface area contributed by atoms with Crippen molar-refractivity contribution < 1.29 is 22.3 Å². The maximum atomic E-state index is 14.5. The molecule has 2 aromatic carbocycles. The van der Waals surface area contributed by atoms with Crippen molar-refractivity contribution in [2.45, 2.75) is 17.7 Å². The molecule has 2 aliphatic rings. The van der Waals surface area contributed by atoms with Crippen molar-refractivity contribution in [3.63, 3.8) is 0 Å². The van der Waals surface area contributed by atoms with Gasteiger partial charge in [-0.2, -0.15) is 4.31 Å². The van der Waals surface area contributed by atoms with E-state index >= 15 is 0 Å². The lowest BCUT2D eigenvalue weighted by Gasteiger charge is -2.17. The van der Waals surface area contributed by atoms with Crippen molar-refractivity contribution in [2.24, 2.45) is 5.92 Å². The van der Waals surface area contributed by atoms with Crippen LogP contribution in [0, 0.1) is 11.7 Å². The summed E-state index contributed by atoms with van der Waals surface area (Å²) in [7, 11) is -4.04. The summed E-state index contributed by atoms with van der Waals surface area (Å²) in [6, 6.07) is 7.95. The number of aromatic nitrogens is 1. The van der Waals surface area contributed by atoms with Crippen LogP contribution in [0.15, 0.2) is 40.7 Å². The summed E-state index contributed by atoms with van der Waals surface area (Å²) in [6.45, 7) is 0.593. The van der Waals surface area contributed by atoms with E-state index in [0.29, 0.717) is 36.4 Å². The van der Waals surface area contributed by atoms with E-state index < -0.39 is 21.8 Å². The molecule has 1 N–H and O–H groups in total. The molecule has 1 atom stereocenters. The Kier molecular flexibility index (Phi) is 4.72. The van der Waals surface area contributed by atoms with Crippen molar-refractivity contribution in [3.8, 4) is 5.75 Å². The first-order chi connectivity index (χ1) is 14.4. The van der Waals surface area contributed by atoms with Crippen LogP contribution in [0.25, 0.3) is 10.2 Å². The molecule has 0 aliphatic carbocycles. The molecule has 0 spiro atoms. The van der Waals surface area contributed by atoms with Crippen LogP contribution in [-0.4, -0.2) is 43.3 Å². The van der Waals surface area contributed by atoms with Gasteiger partial charge in [-0.05, 0) is 36.2 Å². The molecule has 0 saturated carbocycles. The van der Waals surface area contributed by atoms with Gasteiger partial charge in [-0.25, -0.2) is 17.8 Å². The van der Waals surface area contributed by atoms with Gasteiger partial charge in [0, 0.05) is 31.3 Å². The number of thiazole rings is 1. The quantitative estimate of drug-likeness (QED) is 0.664. The third-order valence-corrected chi connectivity index (χ3v) is 8.17. The van der Waals surface area contributed by atoms with E-state index in [-0.39, 0.29) is 23.9 Å². The van der Waals surface area contributed by atoms with Crippen LogP contribution in [0.1, 0.15) is 12.0 Å². The van der Waals surface area contributed by atoms with Crippen molar-refractivity contribution in [1.82, 2.24) is 9.29 Å². The molecule has 30 heavy (non-hydrogen) atoms. The molecule has 2 aliphatic heterocycles. The number of nitrogens with one attached hydrogen (secondary N) is 1. The van der Waals surface area contributed by atoms with E-state index in [0.717, 1.165) is 16.3 Å². The van der Waals surface area contributed by atoms with E-state index in [4.69, 9.17) is 4.74 Å². The molecule has 3 heterocycles. The molecule has 7 nitrogen and oxygen atoms in total. The first-order valence-electron chi connectivity index (χ1n) is 9.51. The number of sulfonamides is 1. The fraction of sp³-hybridized carbons (Fsp3) is 0.300. The van der Waals surface area contributed by atoms with Gasteiger partial charge in [-0.1, -0.05) is 0 Å². The maximum absolute atomic E-state index is 14.5. The van der Waals surface area contributed by atoms with Crippen LogP contribution in [0.5, 0.6) is 5.75 Å². The third kappa shape index (κ3) is 3.34. The number of carbonyl (C=O) groups is 1. The first-order valence-corrected chi connectivity index (χ1v) is 11.8. The van der Waals surface area contributed by atoms with E-state index in [1.165, 1.54) is 21.7 Å². The second-order valence-electron chi connectivity index (χ2n) is 7.36. The molecule has 1 aromatic heterocycles. The van der Waals surface area contributed by atoms with E-state index in [1.807, 2.05) is 6.07 Å². The van der Waals surface area contributed by atoms with Crippen molar-refractivity contribution in [1.29, 1.82) is 0 Å². The van der Waals surface area contributed by atoms with E-state index in [2.05, 4.69) is 10.3 Å². The van der Waals surface area contributed by atoms with E-state index in [9.17, 15) is 17.6 Å². The molecular formula is C20H18FN3O4S2. The minimum Gasteiger partial charge on any atom is -0.493 e. The Morgan fingerprint density at radius 3 is 3.03 bits per heavy atom. The fourth-order valence-corrected chi connectivity index (χ4v) is 6.11. The number of rotatable bonds is 4. The van der Waals surface area contributed by atoms with Crippen LogP contribution in [-0.2, 0) is 21.2 Å². The Labute approximate surface area is 176 Å². The molecule has 0 radical (unpaired) electrons. The summed E-state index contributed by atoms with van der Waals surface area (Å²) in [5, 5.41) is 2.84. The summed E-state index contributed by atoms with van der Waals surface area (Å²) in [6.07, 6.45) is 0.923. The average molecular weight is 448 g/mol. The second kappa shape index (κ2) is 7.29. The highest BCUT2D eigenvalue weighted by Crippen LogP contribution is 2.33. The van der Waals surface area contributed by atoms with Crippen LogP contribution in [0.4, 0.5) is 10.1 Å². The number of amides is 1. The van der Waals surface area contributed by atoms with Gasteiger partial charge in [0.05, 0.1) is 28.3 Å². The van der Waals surface area contributed by atoms with Gasteiger partial charge in [0.15, 0.2) is 0 Å². The van der Waals surface area contributed by atoms with Gasteiger partial charge in [-0.3, -0.25) is 4.79 Å². The molecule has 0 unspecified atom stereocenters. The monoisotopic (exact) mass is 447 g/mol. The number of benzene rings is 2.